The summed E-state index contributed by atoms with van der Waals surface area (Å²) in [5.74, 6) is 0.783. The second kappa shape index (κ2) is 8.84. The van der Waals surface area contributed by atoms with Crippen LogP contribution < -0.4 is 10.1 Å². The van der Waals surface area contributed by atoms with Crippen LogP contribution >= 0.6 is 23.4 Å². The average Bonchev–Trinajstić information content (AvgIpc) is 2.66. The van der Waals surface area contributed by atoms with Crippen molar-refractivity contribution in [1.29, 1.82) is 0 Å². The molecule has 0 aliphatic rings. The molecule has 3 aromatic carbocycles. The fraction of sp³-hybridized carbons (Fsp3) is 0.143. The van der Waals surface area contributed by atoms with Gasteiger partial charge in [-0.05, 0) is 59.8 Å². The number of hydrogen-bond acceptors (Lipinski definition) is 3. The van der Waals surface area contributed by atoms with Crippen molar-refractivity contribution in [1.82, 2.24) is 0 Å². The molecule has 0 bridgehead atoms. The molecule has 2 nitrogen and oxygen atoms in total. The van der Waals surface area contributed by atoms with E-state index in [9.17, 15) is 0 Å². The molecule has 1 N–H and O–H groups in total. The minimum Gasteiger partial charge on any atom is -0.489 e. The van der Waals surface area contributed by atoms with Crippen molar-refractivity contribution in [2.24, 2.45) is 0 Å². The molecule has 0 heterocycles. The van der Waals surface area contributed by atoms with E-state index in [1.165, 1.54) is 4.90 Å². The zero-order valence-corrected chi connectivity index (χ0v) is 15.6. The fourth-order valence-corrected chi connectivity index (χ4v) is 3.12. The second-order valence-corrected chi connectivity index (χ2v) is 6.97. The van der Waals surface area contributed by atoms with E-state index in [4.69, 9.17) is 16.3 Å². The summed E-state index contributed by atoms with van der Waals surface area (Å²) in [5.41, 5.74) is 3.31. The summed E-state index contributed by atoms with van der Waals surface area (Å²) in [6, 6.07) is 24.3. The van der Waals surface area contributed by atoms with Crippen molar-refractivity contribution in [3.8, 4) is 5.75 Å². The Morgan fingerprint density at radius 1 is 0.920 bits per heavy atom. The van der Waals surface area contributed by atoms with Crippen LogP contribution in [0.25, 0.3) is 0 Å². The number of benzene rings is 3. The van der Waals surface area contributed by atoms with Gasteiger partial charge in [0.2, 0.25) is 0 Å². The maximum atomic E-state index is 6.24. The monoisotopic (exact) mass is 369 g/mol. The number of anilines is 1. The Balaban J connectivity index is 1.62. The summed E-state index contributed by atoms with van der Waals surface area (Å²) in [6.07, 6.45) is 2.07. The fourth-order valence-electron chi connectivity index (χ4n) is 2.46. The lowest BCUT2D eigenvalue weighted by Crippen LogP contribution is -2.01. The standard InChI is InChI=1S/C21H20ClNOS/c1-25-21-9-7-19(8-10-21)23-14-17-11-18(22)13-20(12-17)24-15-16-5-3-2-4-6-16/h2-13,23H,14-15H2,1H3. The lowest BCUT2D eigenvalue weighted by Gasteiger charge is -2.11. The van der Waals surface area contributed by atoms with E-state index in [0.717, 1.165) is 22.6 Å². The Labute approximate surface area is 158 Å². The first-order chi connectivity index (χ1) is 12.2. The molecule has 0 unspecified atom stereocenters. The molecular formula is C21H20ClNOS. The first-order valence-electron chi connectivity index (χ1n) is 8.07. The van der Waals surface area contributed by atoms with Crippen molar-refractivity contribution in [2.45, 2.75) is 18.0 Å². The lowest BCUT2D eigenvalue weighted by atomic mass is 10.2. The van der Waals surface area contributed by atoms with Gasteiger partial charge >= 0.3 is 0 Å². The molecule has 3 aromatic rings. The summed E-state index contributed by atoms with van der Waals surface area (Å²) >= 11 is 7.98. The van der Waals surface area contributed by atoms with Gasteiger partial charge in [-0.2, -0.15) is 0 Å². The summed E-state index contributed by atoms with van der Waals surface area (Å²) in [6.45, 7) is 1.23. The highest BCUT2D eigenvalue weighted by molar-refractivity contribution is 7.98. The van der Waals surface area contributed by atoms with Crippen molar-refractivity contribution in [3.05, 3.63) is 88.9 Å². The highest BCUT2D eigenvalue weighted by Crippen LogP contribution is 2.23. The van der Waals surface area contributed by atoms with Gasteiger partial charge in [-0.25, -0.2) is 0 Å². The molecule has 0 saturated heterocycles. The number of thioether (sulfide) groups is 1. The highest BCUT2D eigenvalue weighted by atomic mass is 35.5. The van der Waals surface area contributed by atoms with E-state index < -0.39 is 0 Å². The first kappa shape index (κ1) is 17.7. The summed E-state index contributed by atoms with van der Waals surface area (Å²) in [5, 5.41) is 4.10. The molecule has 0 fully saturated rings. The number of ether oxygens (including phenoxy) is 1. The molecule has 0 aliphatic carbocycles. The zero-order chi connectivity index (χ0) is 17.5. The third kappa shape index (κ3) is 5.45. The Morgan fingerprint density at radius 3 is 2.40 bits per heavy atom. The normalized spacial score (nSPS) is 10.5. The number of nitrogens with one attached hydrogen (secondary N) is 1. The largest absolute Gasteiger partial charge is 0.489 e. The molecule has 0 atom stereocenters. The smallest absolute Gasteiger partial charge is 0.121 e. The van der Waals surface area contributed by atoms with Gasteiger partial charge in [0.15, 0.2) is 0 Å². The third-order valence-corrected chi connectivity index (χ3v) is 4.73. The average molecular weight is 370 g/mol. The predicted octanol–water partition coefficient (Wildman–Crippen LogP) is 6.25. The number of rotatable bonds is 7. The van der Waals surface area contributed by atoms with Gasteiger partial charge in [-0.3, -0.25) is 0 Å². The van der Waals surface area contributed by atoms with Crippen molar-refractivity contribution in [2.75, 3.05) is 11.6 Å². The summed E-state index contributed by atoms with van der Waals surface area (Å²) < 4.78 is 5.88. The number of hydrogen-bond donors (Lipinski definition) is 1. The quantitative estimate of drug-likeness (QED) is 0.497. The van der Waals surface area contributed by atoms with Crippen LogP contribution in [0.1, 0.15) is 11.1 Å². The van der Waals surface area contributed by atoms with Crippen LogP contribution in [0.4, 0.5) is 5.69 Å². The molecule has 128 valence electrons. The third-order valence-electron chi connectivity index (χ3n) is 3.77. The van der Waals surface area contributed by atoms with Crippen LogP contribution in [0.2, 0.25) is 5.02 Å². The summed E-state index contributed by atoms with van der Waals surface area (Å²) in [7, 11) is 0. The molecule has 0 amide bonds. The molecule has 0 radical (unpaired) electrons. The summed E-state index contributed by atoms with van der Waals surface area (Å²) in [4.78, 5) is 1.25. The van der Waals surface area contributed by atoms with E-state index in [-0.39, 0.29) is 0 Å². The highest BCUT2D eigenvalue weighted by Gasteiger charge is 2.03. The minimum atomic E-state index is 0.532. The van der Waals surface area contributed by atoms with Crippen molar-refractivity contribution in [3.63, 3.8) is 0 Å². The minimum absolute atomic E-state index is 0.532. The number of halogens is 1. The topological polar surface area (TPSA) is 21.3 Å². The van der Waals surface area contributed by atoms with E-state index in [1.54, 1.807) is 11.8 Å². The Kier molecular flexibility index (Phi) is 6.26. The van der Waals surface area contributed by atoms with Gasteiger partial charge < -0.3 is 10.1 Å². The van der Waals surface area contributed by atoms with E-state index in [0.29, 0.717) is 18.2 Å². The molecular weight excluding hydrogens is 350 g/mol. The van der Waals surface area contributed by atoms with Crippen molar-refractivity contribution >= 4 is 29.1 Å². The van der Waals surface area contributed by atoms with Crippen LogP contribution in [0.3, 0.4) is 0 Å². The Bertz CT molecular complexity index is 806. The second-order valence-electron chi connectivity index (χ2n) is 5.65. The Hall–Kier alpha value is -2.10. The predicted molar refractivity (Wildman–Crippen MR) is 108 cm³/mol. The lowest BCUT2D eigenvalue weighted by molar-refractivity contribution is 0.306. The van der Waals surface area contributed by atoms with Gasteiger partial charge in [-0.1, -0.05) is 41.9 Å². The SMILES string of the molecule is CSc1ccc(NCc2cc(Cl)cc(OCc3ccccc3)c2)cc1. The van der Waals surface area contributed by atoms with Gasteiger partial charge in [-0.15, -0.1) is 11.8 Å². The van der Waals surface area contributed by atoms with Crippen LogP contribution in [-0.2, 0) is 13.2 Å². The van der Waals surface area contributed by atoms with E-state index in [1.807, 2.05) is 48.5 Å². The van der Waals surface area contributed by atoms with Crippen LogP contribution in [0, 0.1) is 0 Å². The van der Waals surface area contributed by atoms with Crippen LogP contribution in [-0.4, -0.2) is 6.26 Å². The Morgan fingerprint density at radius 2 is 1.68 bits per heavy atom. The molecule has 4 heteroatoms. The van der Waals surface area contributed by atoms with Gasteiger partial charge in [0.1, 0.15) is 12.4 Å². The van der Waals surface area contributed by atoms with E-state index >= 15 is 0 Å². The molecule has 3 rings (SSSR count). The van der Waals surface area contributed by atoms with Gasteiger partial charge in [0, 0.05) is 22.2 Å². The van der Waals surface area contributed by atoms with E-state index in [2.05, 4.69) is 35.8 Å². The molecule has 0 spiro atoms. The van der Waals surface area contributed by atoms with Crippen molar-refractivity contribution < 1.29 is 4.74 Å². The van der Waals surface area contributed by atoms with Gasteiger partial charge in [0.05, 0.1) is 0 Å². The van der Waals surface area contributed by atoms with Gasteiger partial charge in [0.25, 0.3) is 0 Å². The first-order valence-corrected chi connectivity index (χ1v) is 9.67. The zero-order valence-electron chi connectivity index (χ0n) is 14.0. The molecule has 0 saturated carbocycles. The van der Waals surface area contributed by atoms with Crippen LogP contribution in [0.15, 0.2) is 77.7 Å². The van der Waals surface area contributed by atoms with Crippen LogP contribution in [0.5, 0.6) is 5.75 Å². The molecule has 0 aromatic heterocycles. The molecule has 0 aliphatic heterocycles. The maximum absolute atomic E-state index is 6.24. The molecule has 25 heavy (non-hydrogen) atoms. The maximum Gasteiger partial charge on any atom is 0.121 e.